The van der Waals surface area contributed by atoms with Crippen LogP contribution in [0.1, 0.15) is 0 Å². The minimum atomic E-state index is 0. The Kier molecular flexibility index (Phi) is 1.66. The molecular weight excluding hydrogens is 168 g/mol. The zero-order valence-electron chi connectivity index (χ0n) is 4.02. The number of hydrogen-bond donors (Lipinski definition) is 0. The monoisotopic (exact) mass is 171 g/mol. The first-order valence-electron chi connectivity index (χ1n) is 2.24. The van der Waals surface area contributed by atoms with Gasteiger partial charge in [0.25, 0.3) is 0 Å². The van der Waals surface area contributed by atoms with Crippen molar-refractivity contribution >= 4 is 11.8 Å². The zero-order chi connectivity index (χ0) is 4.69. The van der Waals surface area contributed by atoms with Gasteiger partial charge in [0.1, 0.15) is 0 Å². The topological polar surface area (TPSA) is 0 Å². The fraction of sp³-hybridized carbons (Fsp3) is 0. The molecule has 1 aromatic rings. The smallest absolute Gasteiger partial charge is 0.0262 e. The fourth-order valence-electron chi connectivity index (χ4n) is 0.611. The predicted octanol–water partition coefficient (Wildman–Crippen LogP) is 2.15. The molecule has 1 aromatic carbocycles. The molecule has 2 heteroatoms. The average Bonchev–Trinajstić information content (AvgIpc) is 2.41. The van der Waals surface area contributed by atoms with Crippen LogP contribution in [-0.4, -0.2) is 0 Å². The van der Waals surface area contributed by atoms with Crippen molar-refractivity contribution in [1.29, 1.82) is 0 Å². The van der Waals surface area contributed by atoms with E-state index in [2.05, 4.69) is 24.3 Å². The molecule has 45 valence electrons. The number of rotatable bonds is 0. The van der Waals surface area contributed by atoms with E-state index in [0.717, 1.165) is 0 Å². The maximum atomic E-state index is 2.14. The van der Waals surface area contributed by atoms with Crippen molar-refractivity contribution in [1.82, 2.24) is 0 Å². The molecule has 0 atom stereocenters. The van der Waals surface area contributed by atoms with Gasteiger partial charge in [-0.2, -0.15) is 0 Å². The van der Waals surface area contributed by atoms with Crippen LogP contribution in [0.5, 0.6) is 0 Å². The molecule has 0 spiro atoms. The summed E-state index contributed by atoms with van der Waals surface area (Å²) in [5, 5.41) is 0. The van der Waals surface area contributed by atoms with Crippen LogP contribution in [0.2, 0.25) is 0 Å². The molecule has 0 saturated carbocycles. The first-order valence-corrected chi connectivity index (χ1v) is 3.05. The maximum Gasteiger partial charge on any atom is 0.0262 e. The Morgan fingerprint density at radius 1 is 1.00 bits per heavy atom. The Morgan fingerprint density at radius 3 is 1.88 bits per heavy atom. The molecule has 0 amide bonds. The van der Waals surface area contributed by atoms with Crippen LogP contribution in [0.15, 0.2) is 34.1 Å². The summed E-state index contributed by atoms with van der Waals surface area (Å²) in [5.74, 6) is 0. The van der Waals surface area contributed by atoms with Crippen molar-refractivity contribution in [2.24, 2.45) is 0 Å². The van der Waals surface area contributed by atoms with Crippen molar-refractivity contribution in [3.8, 4) is 0 Å². The molecular formula is C6H4CuS. The van der Waals surface area contributed by atoms with E-state index in [9.17, 15) is 0 Å². The van der Waals surface area contributed by atoms with E-state index in [-0.39, 0.29) is 17.1 Å². The van der Waals surface area contributed by atoms with Gasteiger partial charge in [-0.15, -0.1) is 0 Å². The van der Waals surface area contributed by atoms with Crippen molar-refractivity contribution < 1.29 is 17.1 Å². The van der Waals surface area contributed by atoms with E-state index >= 15 is 0 Å². The van der Waals surface area contributed by atoms with Crippen LogP contribution >= 0.6 is 11.8 Å². The summed E-state index contributed by atoms with van der Waals surface area (Å²) in [6, 6.07) is 8.41. The van der Waals surface area contributed by atoms with Crippen molar-refractivity contribution in [3.05, 3.63) is 24.3 Å². The van der Waals surface area contributed by atoms with E-state index in [1.165, 1.54) is 9.79 Å². The third-order valence-corrected chi connectivity index (χ3v) is 1.98. The Bertz CT molecular complexity index is 176. The number of hydrogen-bond acceptors (Lipinski definition) is 1. The Morgan fingerprint density at radius 2 is 1.50 bits per heavy atom. The second-order valence-electron chi connectivity index (χ2n) is 1.55. The molecule has 0 bridgehead atoms. The quantitative estimate of drug-likeness (QED) is 0.433. The molecule has 1 aliphatic rings. The van der Waals surface area contributed by atoms with Crippen LogP contribution < -0.4 is 0 Å². The summed E-state index contributed by atoms with van der Waals surface area (Å²) in [4.78, 5) is 2.89. The molecule has 0 aromatic heterocycles. The maximum absolute atomic E-state index is 2.14. The SMILES string of the molecule is [Cu].c1ccc2c(c1)S2. The standard InChI is InChI=1S/C6H4S.Cu/c1-2-4-6-5(3-1)7-6;/h1-4H;. The van der Waals surface area contributed by atoms with Gasteiger partial charge in [0, 0.05) is 26.9 Å². The number of fused-ring (bicyclic) bond motifs is 1. The molecule has 0 unspecified atom stereocenters. The minimum Gasteiger partial charge on any atom is -0.0877 e. The van der Waals surface area contributed by atoms with E-state index < -0.39 is 0 Å². The van der Waals surface area contributed by atoms with Gasteiger partial charge < -0.3 is 0 Å². The molecule has 1 heterocycles. The Hall–Kier alpha value is 0.0895. The van der Waals surface area contributed by atoms with Gasteiger partial charge in [-0.1, -0.05) is 23.9 Å². The molecule has 0 nitrogen and oxygen atoms in total. The summed E-state index contributed by atoms with van der Waals surface area (Å²) in [5.41, 5.74) is 0. The fourth-order valence-corrected chi connectivity index (χ4v) is 1.23. The second kappa shape index (κ2) is 2.14. The molecule has 1 aliphatic heterocycles. The Balaban J connectivity index is 0.000000320. The van der Waals surface area contributed by atoms with Crippen molar-refractivity contribution in [3.63, 3.8) is 0 Å². The summed E-state index contributed by atoms with van der Waals surface area (Å²) < 4.78 is 0. The van der Waals surface area contributed by atoms with E-state index in [1.807, 2.05) is 11.8 Å². The third kappa shape index (κ3) is 0.921. The zero-order valence-corrected chi connectivity index (χ0v) is 5.78. The molecule has 0 aliphatic carbocycles. The van der Waals surface area contributed by atoms with Gasteiger partial charge in [0.2, 0.25) is 0 Å². The summed E-state index contributed by atoms with van der Waals surface area (Å²) >= 11 is 1.86. The summed E-state index contributed by atoms with van der Waals surface area (Å²) in [6.45, 7) is 0. The van der Waals surface area contributed by atoms with E-state index in [4.69, 9.17) is 0 Å². The van der Waals surface area contributed by atoms with Gasteiger partial charge in [-0.3, -0.25) is 0 Å². The average molecular weight is 172 g/mol. The Labute approximate surface area is 63.1 Å². The molecule has 1 radical (unpaired) electrons. The summed E-state index contributed by atoms with van der Waals surface area (Å²) in [6.07, 6.45) is 0. The number of benzene rings is 1. The van der Waals surface area contributed by atoms with Crippen molar-refractivity contribution in [2.75, 3.05) is 0 Å². The summed E-state index contributed by atoms with van der Waals surface area (Å²) in [7, 11) is 0. The van der Waals surface area contributed by atoms with Crippen LogP contribution in [0.25, 0.3) is 0 Å². The first-order chi connectivity index (χ1) is 3.47. The predicted molar refractivity (Wildman–Crippen MR) is 30.6 cm³/mol. The third-order valence-electron chi connectivity index (χ3n) is 1.03. The van der Waals surface area contributed by atoms with Crippen LogP contribution in [-0.2, 0) is 17.1 Å². The van der Waals surface area contributed by atoms with Crippen LogP contribution in [0.3, 0.4) is 0 Å². The van der Waals surface area contributed by atoms with Gasteiger partial charge in [-0.05, 0) is 12.1 Å². The van der Waals surface area contributed by atoms with Gasteiger partial charge >= 0.3 is 0 Å². The van der Waals surface area contributed by atoms with E-state index in [0.29, 0.717) is 0 Å². The molecule has 0 saturated heterocycles. The van der Waals surface area contributed by atoms with Gasteiger partial charge in [0.15, 0.2) is 0 Å². The molecule has 2 rings (SSSR count). The van der Waals surface area contributed by atoms with Gasteiger partial charge in [-0.25, -0.2) is 0 Å². The van der Waals surface area contributed by atoms with Crippen LogP contribution in [0.4, 0.5) is 0 Å². The van der Waals surface area contributed by atoms with Gasteiger partial charge in [0.05, 0.1) is 0 Å². The van der Waals surface area contributed by atoms with Crippen LogP contribution in [0, 0.1) is 0 Å². The second-order valence-corrected chi connectivity index (χ2v) is 2.63. The molecule has 0 N–H and O–H groups in total. The normalized spacial score (nSPS) is 11.5. The minimum absolute atomic E-state index is 0. The first kappa shape index (κ1) is 6.21. The molecule has 0 fully saturated rings. The van der Waals surface area contributed by atoms with Crippen molar-refractivity contribution in [2.45, 2.75) is 9.79 Å². The van der Waals surface area contributed by atoms with E-state index in [1.54, 1.807) is 0 Å². The molecule has 8 heavy (non-hydrogen) atoms. The largest absolute Gasteiger partial charge is 0.0877 e.